The summed E-state index contributed by atoms with van der Waals surface area (Å²) in [5.41, 5.74) is -1.04. The van der Waals surface area contributed by atoms with Gasteiger partial charge in [0.1, 0.15) is 5.41 Å². The summed E-state index contributed by atoms with van der Waals surface area (Å²) in [6, 6.07) is 7.16. The number of carbonyl (C=O) groups is 2. The normalized spacial score (nSPS) is 11.2. The molecule has 0 atom stereocenters. The van der Waals surface area contributed by atoms with Crippen molar-refractivity contribution in [3.05, 3.63) is 30.1 Å². The Morgan fingerprint density at radius 1 is 1.08 bits per heavy atom. The van der Waals surface area contributed by atoms with Crippen molar-refractivity contribution < 1.29 is 19.1 Å². The van der Waals surface area contributed by atoms with Crippen LogP contribution in [0.3, 0.4) is 0 Å². The molecule has 1 rings (SSSR count). The quantitative estimate of drug-likeness (QED) is 0.639. The third kappa shape index (κ3) is 6.92. The molecule has 0 aromatic carbocycles. The predicted octanol–water partition coefficient (Wildman–Crippen LogP) is 3.02. The minimum absolute atomic E-state index is 0.186. The van der Waals surface area contributed by atoms with Crippen LogP contribution in [0.15, 0.2) is 24.4 Å². The molecule has 0 radical (unpaired) electrons. The lowest BCUT2D eigenvalue weighted by Crippen LogP contribution is -2.33. The third-order valence-corrected chi connectivity index (χ3v) is 3.42. The van der Waals surface area contributed by atoms with Gasteiger partial charge in [0.15, 0.2) is 0 Å². The van der Waals surface area contributed by atoms with Gasteiger partial charge in [0.2, 0.25) is 0 Å². The Kier molecular flexibility index (Phi) is 8.06. The zero-order valence-corrected chi connectivity index (χ0v) is 15.3. The summed E-state index contributed by atoms with van der Waals surface area (Å²) < 4.78 is 10.4. The molecule has 1 aromatic rings. The second-order valence-corrected chi connectivity index (χ2v) is 6.92. The van der Waals surface area contributed by atoms with Crippen molar-refractivity contribution in [2.75, 3.05) is 13.2 Å². The minimum atomic E-state index is -1.40. The number of esters is 2. The first-order valence-electron chi connectivity index (χ1n) is 8.43. The Bertz CT molecular complexity index is 580. The van der Waals surface area contributed by atoms with Crippen LogP contribution in [0.5, 0.6) is 0 Å². The zero-order valence-electron chi connectivity index (χ0n) is 15.3. The lowest BCUT2D eigenvalue weighted by molar-refractivity contribution is -0.148. The summed E-state index contributed by atoms with van der Waals surface area (Å²) in [4.78, 5) is 28.6. The third-order valence-electron chi connectivity index (χ3n) is 3.42. The van der Waals surface area contributed by atoms with E-state index in [0.29, 0.717) is 5.69 Å². The van der Waals surface area contributed by atoms with E-state index in [-0.39, 0.29) is 37.9 Å². The van der Waals surface area contributed by atoms with Crippen molar-refractivity contribution in [2.24, 2.45) is 11.8 Å². The number of aromatic nitrogens is 1. The summed E-state index contributed by atoms with van der Waals surface area (Å²) in [5.74, 6) is -0.687. The summed E-state index contributed by atoms with van der Waals surface area (Å²) in [5, 5.41) is 9.78. The molecule has 0 N–H and O–H groups in total. The molecule has 0 aliphatic heterocycles. The van der Waals surface area contributed by atoms with Crippen LogP contribution in [-0.2, 0) is 24.5 Å². The van der Waals surface area contributed by atoms with Crippen LogP contribution in [0, 0.1) is 23.2 Å². The number of hydrogen-bond donors (Lipinski definition) is 0. The predicted molar refractivity (Wildman–Crippen MR) is 92.4 cm³/mol. The zero-order chi connectivity index (χ0) is 18.9. The average molecular weight is 346 g/mol. The maximum Gasteiger partial charge on any atom is 0.307 e. The standard InChI is InChI=1S/C19H26N2O4/c1-14(2)11-24-17(22)9-19(13-20,16-7-5-6-8-21-16)10-18(23)25-12-15(3)4/h5-8,14-15H,9-12H2,1-4H3. The molecule has 0 fully saturated rings. The van der Waals surface area contributed by atoms with Gasteiger partial charge in [0, 0.05) is 6.20 Å². The molecule has 0 spiro atoms. The number of nitriles is 1. The lowest BCUT2D eigenvalue weighted by atomic mass is 9.79. The number of pyridine rings is 1. The molecule has 0 aliphatic rings. The summed E-state index contributed by atoms with van der Waals surface area (Å²) in [7, 11) is 0. The Hall–Kier alpha value is -2.42. The van der Waals surface area contributed by atoms with Crippen molar-refractivity contribution in [2.45, 2.75) is 46.0 Å². The number of hydrogen-bond acceptors (Lipinski definition) is 6. The molecule has 25 heavy (non-hydrogen) atoms. The van der Waals surface area contributed by atoms with E-state index in [4.69, 9.17) is 9.47 Å². The highest BCUT2D eigenvalue weighted by molar-refractivity contribution is 5.77. The van der Waals surface area contributed by atoms with Gasteiger partial charge in [-0.25, -0.2) is 0 Å². The molecule has 0 amide bonds. The highest BCUT2D eigenvalue weighted by Crippen LogP contribution is 2.31. The van der Waals surface area contributed by atoms with Gasteiger partial charge in [0.05, 0.1) is 37.8 Å². The molecule has 136 valence electrons. The number of nitrogens with zero attached hydrogens (tertiary/aromatic N) is 2. The van der Waals surface area contributed by atoms with E-state index in [1.54, 1.807) is 18.2 Å². The maximum atomic E-state index is 12.2. The van der Waals surface area contributed by atoms with E-state index in [1.165, 1.54) is 6.20 Å². The Labute approximate surface area is 149 Å². The average Bonchev–Trinajstić information content (AvgIpc) is 2.58. The van der Waals surface area contributed by atoms with E-state index in [2.05, 4.69) is 11.1 Å². The van der Waals surface area contributed by atoms with Gasteiger partial charge in [0.25, 0.3) is 0 Å². The fourth-order valence-electron chi connectivity index (χ4n) is 2.14. The van der Waals surface area contributed by atoms with Crippen LogP contribution in [0.1, 0.15) is 46.2 Å². The van der Waals surface area contributed by atoms with Crippen LogP contribution in [0.4, 0.5) is 0 Å². The second kappa shape index (κ2) is 9.77. The molecule has 0 bridgehead atoms. The lowest BCUT2D eigenvalue weighted by Gasteiger charge is -2.24. The summed E-state index contributed by atoms with van der Waals surface area (Å²) in [6.45, 7) is 8.22. The minimum Gasteiger partial charge on any atom is -0.465 e. The van der Waals surface area contributed by atoms with E-state index in [0.717, 1.165) is 0 Å². The van der Waals surface area contributed by atoms with Gasteiger partial charge in [-0.2, -0.15) is 5.26 Å². The summed E-state index contributed by atoms with van der Waals surface area (Å²) in [6.07, 6.45) is 1.04. The van der Waals surface area contributed by atoms with Crippen molar-refractivity contribution in [3.8, 4) is 6.07 Å². The molecular formula is C19H26N2O4. The van der Waals surface area contributed by atoms with Gasteiger partial charge in [-0.15, -0.1) is 0 Å². The van der Waals surface area contributed by atoms with Crippen LogP contribution in [0.25, 0.3) is 0 Å². The first kappa shape index (κ1) is 20.6. The van der Waals surface area contributed by atoms with E-state index in [9.17, 15) is 14.9 Å². The van der Waals surface area contributed by atoms with Crippen molar-refractivity contribution >= 4 is 11.9 Å². The van der Waals surface area contributed by atoms with Gasteiger partial charge in [-0.05, 0) is 24.0 Å². The van der Waals surface area contributed by atoms with E-state index >= 15 is 0 Å². The maximum absolute atomic E-state index is 12.2. The molecule has 0 unspecified atom stereocenters. The Morgan fingerprint density at radius 3 is 1.96 bits per heavy atom. The molecule has 0 aliphatic carbocycles. The highest BCUT2D eigenvalue weighted by Gasteiger charge is 2.40. The summed E-state index contributed by atoms with van der Waals surface area (Å²) >= 11 is 0. The van der Waals surface area contributed by atoms with Crippen LogP contribution in [-0.4, -0.2) is 30.1 Å². The fraction of sp³-hybridized carbons (Fsp3) is 0.579. The van der Waals surface area contributed by atoms with Gasteiger partial charge >= 0.3 is 11.9 Å². The largest absolute Gasteiger partial charge is 0.465 e. The van der Waals surface area contributed by atoms with E-state index < -0.39 is 17.4 Å². The highest BCUT2D eigenvalue weighted by atomic mass is 16.5. The Balaban J connectivity index is 2.99. The van der Waals surface area contributed by atoms with Crippen molar-refractivity contribution in [3.63, 3.8) is 0 Å². The molecule has 6 heteroatoms. The fourth-order valence-corrected chi connectivity index (χ4v) is 2.14. The van der Waals surface area contributed by atoms with Gasteiger partial charge in [-0.3, -0.25) is 14.6 Å². The number of ether oxygens (including phenoxy) is 2. The topological polar surface area (TPSA) is 89.3 Å². The number of carbonyl (C=O) groups excluding carboxylic acids is 2. The molecule has 0 saturated heterocycles. The first-order valence-corrected chi connectivity index (χ1v) is 8.43. The SMILES string of the molecule is CC(C)COC(=O)CC(C#N)(CC(=O)OCC(C)C)c1ccccn1. The first-order chi connectivity index (χ1) is 11.8. The van der Waals surface area contributed by atoms with Crippen LogP contribution >= 0.6 is 0 Å². The molecule has 6 nitrogen and oxygen atoms in total. The Morgan fingerprint density at radius 2 is 1.60 bits per heavy atom. The van der Waals surface area contributed by atoms with Crippen LogP contribution < -0.4 is 0 Å². The second-order valence-electron chi connectivity index (χ2n) is 6.92. The van der Waals surface area contributed by atoms with E-state index in [1.807, 2.05) is 27.7 Å². The monoisotopic (exact) mass is 346 g/mol. The molecule has 1 heterocycles. The smallest absolute Gasteiger partial charge is 0.307 e. The van der Waals surface area contributed by atoms with Crippen molar-refractivity contribution in [1.29, 1.82) is 5.26 Å². The molecule has 0 saturated carbocycles. The molecule has 1 aromatic heterocycles. The van der Waals surface area contributed by atoms with Gasteiger partial charge in [-0.1, -0.05) is 33.8 Å². The van der Waals surface area contributed by atoms with Gasteiger partial charge < -0.3 is 9.47 Å². The number of rotatable bonds is 9. The van der Waals surface area contributed by atoms with Crippen molar-refractivity contribution in [1.82, 2.24) is 4.98 Å². The molecular weight excluding hydrogens is 320 g/mol. The van der Waals surface area contributed by atoms with Crippen LogP contribution in [0.2, 0.25) is 0 Å².